The van der Waals surface area contributed by atoms with Crippen molar-refractivity contribution in [3.8, 4) is 23.3 Å². The normalized spacial score (nSPS) is 12.3. The molecular formula is C19H14FN3O4. The zero-order valence-electron chi connectivity index (χ0n) is 14.0. The molecule has 1 aliphatic rings. The van der Waals surface area contributed by atoms with Crippen molar-refractivity contribution in [1.82, 2.24) is 9.97 Å². The summed E-state index contributed by atoms with van der Waals surface area (Å²) in [5.41, 5.74) is 0.703. The lowest BCUT2D eigenvalue weighted by Gasteiger charge is -2.20. The van der Waals surface area contributed by atoms with Gasteiger partial charge in [0.25, 0.3) is 5.91 Å². The van der Waals surface area contributed by atoms with E-state index in [0.29, 0.717) is 36.0 Å². The number of ether oxygens (including phenoxy) is 3. The Balaban J connectivity index is 1.47. The Kier molecular flexibility index (Phi) is 4.52. The smallest absolute Gasteiger partial charge is 0.322 e. The lowest BCUT2D eigenvalue weighted by molar-refractivity contribution is 0.101. The van der Waals surface area contributed by atoms with Crippen LogP contribution in [0, 0.1) is 5.82 Å². The fourth-order valence-corrected chi connectivity index (χ4v) is 2.51. The second-order valence-electron chi connectivity index (χ2n) is 5.57. The van der Waals surface area contributed by atoms with Crippen LogP contribution in [-0.4, -0.2) is 29.1 Å². The number of anilines is 1. The van der Waals surface area contributed by atoms with Crippen LogP contribution < -0.4 is 19.5 Å². The number of nitrogens with zero attached hydrogens (tertiary/aromatic N) is 2. The summed E-state index contributed by atoms with van der Waals surface area (Å²) in [7, 11) is 0. The molecule has 1 aromatic heterocycles. The second kappa shape index (κ2) is 7.28. The van der Waals surface area contributed by atoms with Crippen molar-refractivity contribution in [3.05, 3.63) is 66.2 Å². The molecule has 0 spiro atoms. The highest BCUT2D eigenvalue weighted by Crippen LogP contribution is 2.34. The summed E-state index contributed by atoms with van der Waals surface area (Å²) < 4.78 is 29.9. The third kappa shape index (κ3) is 3.64. The summed E-state index contributed by atoms with van der Waals surface area (Å²) in [5.74, 6) is 0.0427. The number of benzene rings is 2. The van der Waals surface area contributed by atoms with E-state index >= 15 is 0 Å². The second-order valence-corrected chi connectivity index (χ2v) is 5.57. The molecule has 0 saturated heterocycles. The van der Waals surface area contributed by atoms with Crippen LogP contribution in [0.5, 0.6) is 23.3 Å². The van der Waals surface area contributed by atoms with Crippen LogP contribution in [0.2, 0.25) is 0 Å². The molecule has 1 aliphatic heterocycles. The van der Waals surface area contributed by atoms with E-state index in [-0.39, 0.29) is 17.7 Å². The molecule has 8 heteroatoms. The van der Waals surface area contributed by atoms with Gasteiger partial charge in [0, 0.05) is 0 Å². The molecule has 0 unspecified atom stereocenters. The van der Waals surface area contributed by atoms with Gasteiger partial charge in [-0.2, -0.15) is 0 Å². The standard InChI is InChI=1S/C19H14FN3O4/c20-14-5-1-2-6-15(14)27-19-21-10-12(11-22-19)23-18(24)13-4-3-7-16-17(13)26-9-8-25-16/h1-7,10-11H,8-9H2,(H,23,24). The number of amides is 1. The number of carbonyl (C=O) groups is 1. The average Bonchev–Trinajstić information content (AvgIpc) is 2.70. The van der Waals surface area contributed by atoms with Crippen LogP contribution in [0.15, 0.2) is 54.9 Å². The van der Waals surface area contributed by atoms with Crippen molar-refractivity contribution in [2.45, 2.75) is 0 Å². The van der Waals surface area contributed by atoms with Gasteiger partial charge < -0.3 is 19.5 Å². The number of aromatic nitrogens is 2. The third-order valence-corrected chi connectivity index (χ3v) is 3.73. The Morgan fingerprint density at radius 2 is 1.81 bits per heavy atom. The van der Waals surface area contributed by atoms with Crippen LogP contribution >= 0.6 is 0 Å². The van der Waals surface area contributed by atoms with Gasteiger partial charge in [-0.3, -0.25) is 4.79 Å². The highest BCUT2D eigenvalue weighted by Gasteiger charge is 2.20. The van der Waals surface area contributed by atoms with Crippen LogP contribution in [0.3, 0.4) is 0 Å². The molecule has 0 radical (unpaired) electrons. The molecule has 1 amide bonds. The van der Waals surface area contributed by atoms with Crippen LogP contribution in [0.4, 0.5) is 10.1 Å². The molecular weight excluding hydrogens is 353 g/mol. The quantitative estimate of drug-likeness (QED) is 0.761. The number of fused-ring (bicyclic) bond motifs is 1. The van der Waals surface area contributed by atoms with Crippen molar-refractivity contribution in [2.75, 3.05) is 18.5 Å². The Morgan fingerprint density at radius 1 is 1.04 bits per heavy atom. The van der Waals surface area contributed by atoms with Crippen LogP contribution in [0.1, 0.15) is 10.4 Å². The minimum absolute atomic E-state index is 0.0161. The van der Waals surface area contributed by atoms with Gasteiger partial charge in [-0.15, -0.1) is 0 Å². The Hall–Kier alpha value is -3.68. The van der Waals surface area contributed by atoms with Crippen molar-refractivity contribution in [3.63, 3.8) is 0 Å². The molecule has 27 heavy (non-hydrogen) atoms. The molecule has 2 aromatic carbocycles. The lowest BCUT2D eigenvalue weighted by Crippen LogP contribution is -2.20. The fraction of sp³-hybridized carbons (Fsp3) is 0.105. The summed E-state index contributed by atoms with van der Waals surface area (Å²) >= 11 is 0. The van der Waals surface area contributed by atoms with Crippen LogP contribution in [0.25, 0.3) is 0 Å². The molecule has 7 nitrogen and oxygen atoms in total. The minimum Gasteiger partial charge on any atom is -0.486 e. The first-order valence-corrected chi connectivity index (χ1v) is 8.15. The van der Waals surface area contributed by atoms with E-state index in [4.69, 9.17) is 14.2 Å². The molecule has 136 valence electrons. The van der Waals surface area contributed by atoms with Crippen molar-refractivity contribution in [1.29, 1.82) is 0 Å². The molecule has 4 rings (SSSR count). The summed E-state index contributed by atoms with van der Waals surface area (Å²) in [5, 5.41) is 2.68. The Bertz CT molecular complexity index is 979. The zero-order valence-corrected chi connectivity index (χ0v) is 14.0. The Labute approximate surface area is 153 Å². The lowest BCUT2D eigenvalue weighted by atomic mass is 10.1. The number of hydrogen-bond donors (Lipinski definition) is 1. The van der Waals surface area contributed by atoms with Gasteiger partial charge in [-0.05, 0) is 24.3 Å². The maximum Gasteiger partial charge on any atom is 0.322 e. The largest absolute Gasteiger partial charge is 0.486 e. The minimum atomic E-state index is -0.519. The molecule has 0 aliphatic carbocycles. The predicted octanol–water partition coefficient (Wildman–Crippen LogP) is 3.43. The number of carbonyl (C=O) groups excluding carboxylic acids is 1. The van der Waals surface area contributed by atoms with Gasteiger partial charge in [0.05, 0.1) is 23.6 Å². The number of nitrogens with one attached hydrogen (secondary N) is 1. The number of halogens is 1. The highest BCUT2D eigenvalue weighted by molar-refractivity contribution is 6.06. The summed E-state index contributed by atoms with van der Waals surface area (Å²) in [6.45, 7) is 0.817. The summed E-state index contributed by atoms with van der Waals surface area (Å²) in [6, 6.07) is 11.0. The van der Waals surface area contributed by atoms with Crippen molar-refractivity contribution in [2.24, 2.45) is 0 Å². The van der Waals surface area contributed by atoms with Gasteiger partial charge in [-0.25, -0.2) is 14.4 Å². The van der Waals surface area contributed by atoms with Crippen LogP contribution in [-0.2, 0) is 0 Å². The maximum absolute atomic E-state index is 13.6. The first-order valence-electron chi connectivity index (χ1n) is 8.15. The van der Waals surface area contributed by atoms with Gasteiger partial charge in [0.1, 0.15) is 13.2 Å². The first-order chi connectivity index (χ1) is 13.2. The van der Waals surface area contributed by atoms with Gasteiger partial charge in [0.15, 0.2) is 23.1 Å². The fourth-order valence-electron chi connectivity index (χ4n) is 2.51. The highest BCUT2D eigenvalue weighted by atomic mass is 19.1. The van der Waals surface area contributed by atoms with Gasteiger partial charge in [0.2, 0.25) is 0 Å². The topological polar surface area (TPSA) is 82.6 Å². The Morgan fingerprint density at radius 3 is 2.63 bits per heavy atom. The molecule has 0 bridgehead atoms. The average molecular weight is 367 g/mol. The zero-order chi connectivity index (χ0) is 18.6. The molecule has 0 saturated carbocycles. The van der Waals surface area contributed by atoms with E-state index in [2.05, 4.69) is 15.3 Å². The first kappa shape index (κ1) is 16.8. The summed E-state index contributed by atoms with van der Waals surface area (Å²) in [6.07, 6.45) is 2.74. The van der Waals surface area contributed by atoms with E-state index in [9.17, 15) is 9.18 Å². The van der Waals surface area contributed by atoms with E-state index < -0.39 is 5.82 Å². The van der Waals surface area contributed by atoms with E-state index in [1.807, 2.05) is 0 Å². The number of para-hydroxylation sites is 2. The predicted molar refractivity (Wildman–Crippen MR) is 93.9 cm³/mol. The molecule has 0 fully saturated rings. The molecule has 3 aromatic rings. The van der Waals surface area contributed by atoms with Gasteiger partial charge >= 0.3 is 6.01 Å². The third-order valence-electron chi connectivity index (χ3n) is 3.73. The van der Waals surface area contributed by atoms with E-state index in [1.54, 1.807) is 30.3 Å². The SMILES string of the molecule is O=C(Nc1cnc(Oc2ccccc2F)nc1)c1cccc2c1OCCO2. The molecule has 2 heterocycles. The maximum atomic E-state index is 13.6. The number of hydrogen-bond acceptors (Lipinski definition) is 6. The van der Waals surface area contributed by atoms with E-state index in [1.165, 1.54) is 24.5 Å². The molecule has 0 atom stereocenters. The number of rotatable bonds is 4. The molecule has 1 N–H and O–H groups in total. The summed E-state index contributed by atoms with van der Waals surface area (Å²) in [4.78, 5) is 20.5. The monoisotopic (exact) mass is 367 g/mol. The van der Waals surface area contributed by atoms with Gasteiger partial charge in [-0.1, -0.05) is 18.2 Å². The van der Waals surface area contributed by atoms with Crippen molar-refractivity contribution >= 4 is 11.6 Å². The van der Waals surface area contributed by atoms with E-state index in [0.717, 1.165) is 0 Å². The van der Waals surface area contributed by atoms with Crippen molar-refractivity contribution < 1.29 is 23.4 Å².